The summed E-state index contributed by atoms with van der Waals surface area (Å²) in [5.74, 6) is 2.83. The van der Waals surface area contributed by atoms with Gasteiger partial charge in [-0.05, 0) is 36.5 Å². The van der Waals surface area contributed by atoms with Gasteiger partial charge in [0.15, 0.2) is 0 Å². The number of aryl methyl sites for hydroxylation is 1. The average Bonchev–Trinajstić information content (AvgIpc) is 2.51. The monoisotopic (exact) mass is 285 g/mol. The molecule has 1 aromatic carbocycles. The van der Waals surface area contributed by atoms with Crippen LogP contribution in [-0.2, 0) is 6.42 Å². The molecular formula is C18H27N3. The normalized spacial score (nSPS) is 17.0. The first-order valence-corrected chi connectivity index (χ1v) is 7.95. The van der Waals surface area contributed by atoms with Crippen molar-refractivity contribution in [2.45, 2.75) is 44.7 Å². The lowest BCUT2D eigenvalue weighted by Gasteiger charge is -2.29. The number of hydrogen-bond acceptors (Lipinski definition) is 3. The van der Waals surface area contributed by atoms with Crippen LogP contribution in [0, 0.1) is 12.3 Å². The number of terminal acetylenes is 1. The average molecular weight is 285 g/mol. The first-order chi connectivity index (χ1) is 10.2. The first-order valence-electron chi connectivity index (χ1n) is 7.95. The van der Waals surface area contributed by atoms with E-state index in [1.807, 2.05) is 0 Å². The van der Waals surface area contributed by atoms with Gasteiger partial charge in [-0.15, -0.1) is 6.42 Å². The molecule has 21 heavy (non-hydrogen) atoms. The lowest BCUT2D eigenvalue weighted by molar-refractivity contribution is 0.475. The van der Waals surface area contributed by atoms with Crippen molar-refractivity contribution in [2.75, 3.05) is 25.0 Å². The molecule has 2 rings (SSSR count). The quantitative estimate of drug-likeness (QED) is 0.789. The summed E-state index contributed by atoms with van der Waals surface area (Å²) in [7, 11) is 2.16. The van der Waals surface area contributed by atoms with E-state index in [4.69, 9.17) is 12.2 Å². The summed E-state index contributed by atoms with van der Waals surface area (Å²) < 4.78 is 0. The topological polar surface area (TPSA) is 41.3 Å². The Balaban J connectivity index is 2.17. The SMILES string of the molecule is C#CC(CCC)NC(CN)c1ccc2c(c1)CCCN2C. The molecule has 1 aromatic rings. The molecule has 1 heterocycles. The number of nitrogens with zero attached hydrogens (tertiary/aromatic N) is 1. The van der Waals surface area contributed by atoms with Crippen molar-refractivity contribution in [3.05, 3.63) is 29.3 Å². The summed E-state index contributed by atoms with van der Waals surface area (Å²) in [6, 6.07) is 6.94. The molecule has 0 fully saturated rings. The highest BCUT2D eigenvalue weighted by Crippen LogP contribution is 2.28. The molecule has 1 aliphatic rings. The van der Waals surface area contributed by atoms with E-state index in [1.54, 1.807) is 0 Å². The molecule has 3 heteroatoms. The van der Waals surface area contributed by atoms with E-state index < -0.39 is 0 Å². The van der Waals surface area contributed by atoms with Crippen LogP contribution in [0.5, 0.6) is 0 Å². The van der Waals surface area contributed by atoms with E-state index in [0.717, 1.165) is 25.8 Å². The van der Waals surface area contributed by atoms with Gasteiger partial charge in [-0.1, -0.05) is 31.4 Å². The minimum absolute atomic E-state index is 0.0993. The van der Waals surface area contributed by atoms with Crippen LogP contribution in [0.3, 0.4) is 0 Å². The molecule has 0 amide bonds. The third-order valence-electron chi connectivity index (χ3n) is 4.27. The van der Waals surface area contributed by atoms with Gasteiger partial charge < -0.3 is 10.6 Å². The molecule has 0 radical (unpaired) electrons. The van der Waals surface area contributed by atoms with Crippen molar-refractivity contribution in [1.82, 2.24) is 5.32 Å². The van der Waals surface area contributed by atoms with Gasteiger partial charge in [0.25, 0.3) is 0 Å². The van der Waals surface area contributed by atoms with Gasteiger partial charge in [-0.2, -0.15) is 0 Å². The molecule has 2 unspecified atom stereocenters. The molecule has 0 saturated carbocycles. The molecular weight excluding hydrogens is 258 g/mol. The van der Waals surface area contributed by atoms with Gasteiger partial charge in [0.2, 0.25) is 0 Å². The van der Waals surface area contributed by atoms with Crippen LogP contribution < -0.4 is 16.0 Å². The Morgan fingerprint density at radius 3 is 2.95 bits per heavy atom. The fraction of sp³-hybridized carbons (Fsp3) is 0.556. The van der Waals surface area contributed by atoms with Crippen LogP contribution in [0.2, 0.25) is 0 Å². The smallest absolute Gasteiger partial charge is 0.0692 e. The Labute approximate surface area is 128 Å². The van der Waals surface area contributed by atoms with E-state index >= 15 is 0 Å². The number of rotatable bonds is 6. The number of hydrogen-bond donors (Lipinski definition) is 2. The van der Waals surface area contributed by atoms with Crippen LogP contribution in [0.1, 0.15) is 43.4 Å². The zero-order chi connectivity index (χ0) is 15.2. The van der Waals surface area contributed by atoms with Crippen molar-refractivity contribution in [3.8, 4) is 12.3 Å². The van der Waals surface area contributed by atoms with Gasteiger partial charge in [0.1, 0.15) is 0 Å². The molecule has 0 aliphatic carbocycles. The maximum absolute atomic E-state index is 5.97. The zero-order valence-corrected chi connectivity index (χ0v) is 13.2. The molecule has 0 bridgehead atoms. The predicted octanol–water partition coefficient (Wildman–Crippen LogP) is 2.46. The molecule has 0 spiro atoms. The maximum atomic E-state index is 5.97. The number of nitrogens with one attached hydrogen (secondary N) is 1. The Morgan fingerprint density at radius 1 is 1.48 bits per heavy atom. The summed E-state index contributed by atoms with van der Waals surface area (Å²) in [5.41, 5.74) is 9.99. The lowest BCUT2D eigenvalue weighted by Crippen LogP contribution is -2.36. The Kier molecular flexibility index (Phi) is 5.67. The molecule has 114 valence electrons. The summed E-state index contributed by atoms with van der Waals surface area (Å²) >= 11 is 0. The number of benzene rings is 1. The summed E-state index contributed by atoms with van der Waals surface area (Å²) in [6.07, 6.45) is 10.0. The zero-order valence-electron chi connectivity index (χ0n) is 13.2. The van der Waals surface area contributed by atoms with Gasteiger partial charge in [-0.3, -0.25) is 5.32 Å². The van der Waals surface area contributed by atoms with Crippen molar-refractivity contribution < 1.29 is 0 Å². The Bertz CT molecular complexity index is 504. The fourth-order valence-electron chi connectivity index (χ4n) is 3.07. The Morgan fingerprint density at radius 2 is 2.29 bits per heavy atom. The molecule has 3 N–H and O–H groups in total. The fourth-order valence-corrected chi connectivity index (χ4v) is 3.07. The molecule has 0 aromatic heterocycles. The van der Waals surface area contributed by atoms with Crippen molar-refractivity contribution in [3.63, 3.8) is 0 Å². The van der Waals surface area contributed by atoms with Gasteiger partial charge in [-0.25, -0.2) is 0 Å². The van der Waals surface area contributed by atoms with Gasteiger partial charge in [0.05, 0.1) is 6.04 Å². The van der Waals surface area contributed by atoms with Crippen LogP contribution in [-0.4, -0.2) is 26.2 Å². The molecule has 1 aliphatic heterocycles. The van der Waals surface area contributed by atoms with Gasteiger partial charge >= 0.3 is 0 Å². The molecule has 3 nitrogen and oxygen atoms in total. The second kappa shape index (κ2) is 7.49. The highest BCUT2D eigenvalue weighted by atomic mass is 15.1. The van der Waals surface area contributed by atoms with Crippen LogP contribution in [0.15, 0.2) is 18.2 Å². The second-order valence-electron chi connectivity index (χ2n) is 5.88. The van der Waals surface area contributed by atoms with Crippen LogP contribution >= 0.6 is 0 Å². The van der Waals surface area contributed by atoms with Gasteiger partial charge in [0, 0.05) is 31.9 Å². The predicted molar refractivity (Wildman–Crippen MR) is 90.5 cm³/mol. The maximum Gasteiger partial charge on any atom is 0.0692 e. The third-order valence-corrected chi connectivity index (χ3v) is 4.27. The standard InChI is InChI=1S/C18H27N3/c1-4-7-16(5-2)20-17(13-19)14-9-10-18-15(12-14)8-6-11-21(18)3/h2,9-10,12,16-17,20H,4,6-8,11,13,19H2,1,3H3. The summed E-state index contributed by atoms with van der Waals surface area (Å²) in [5, 5.41) is 3.51. The molecule has 0 saturated heterocycles. The number of anilines is 1. The minimum Gasteiger partial charge on any atom is -0.374 e. The van der Waals surface area contributed by atoms with Crippen LogP contribution in [0.25, 0.3) is 0 Å². The first kappa shape index (κ1) is 15.9. The minimum atomic E-state index is 0.0993. The van der Waals surface area contributed by atoms with Crippen molar-refractivity contribution >= 4 is 5.69 Å². The largest absolute Gasteiger partial charge is 0.374 e. The van der Waals surface area contributed by atoms with Crippen molar-refractivity contribution in [2.24, 2.45) is 5.73 Å². The van der Waals surface area contributed by atoms with E-state index in [0.29, 0.717) is 6.54 Å². The van der Waals surface area contributed by atoms with E-state index in [1.165, 1.54) is 23.2 Å². The third kappa shape index (κ3) is 3.78. The van der Waals surface area contributed by atoms with E-state index in [-0.39, 0.29) is 12.1 Å². The van der Waals surface area contributed by atoms with E-state index in [9.17, 15) is 0 Å². The highest BCUT2D eigenvalue weighted by Gasteiger charge is 2.18. The van der Waals surface area contributed by atoms with E-state index in [2.05, 4.69) is 48.3 Å². The summed E-state index contributed by atoms with van der Waals surface area (Å²) in [4.78, 5) is 2.33. The lowest BCUT2D eigenvalue weighted by atomic mass is 9.96. The van der Waals surface area contributed by atoms with Crippen LogP contribution in [0.4, 0.5) is 5.69 Å². The highest BCUT2D eigenvalue weighted by molar-refractivity contribution is 5.56. The number of nitrogens with two attached hydrogens (primary N) is 1. The second-order valence-corrected chi connectivity index (χ2v) is 5.88. The van der Waals surface area contributed by atoms with Crippen molar-refractivity contribution in [1.29, 1.82) is 0 Å². The Hall–Kier alpha value is -1.50. The molecule has 2 atom stereocenters. The summed E-state index contributed by atoms with van der Waals surface area (Å²) in [6.45, 7) is 3.86. The number of fused-ring (bicyclic) bond motifs is 1.